The van der Waals surface area contributed by atoms with Gasteiger partial charge in [-0.2, -0.15) is 4.98 Å². The first-order valence-electron chi connectivity index (χ1n) is 7.83. The maximum absolute atomic E-state index is 11.8. The lowest BCUT2D eigenvalue weighted by molar-refractivity contribution is -0.121. The molecule has 1 aliphatic rings. The number of aromatic nitrogens is 3. The quantitative estimate of drug-likeness (QED) is 0.886. The van der Waals surface area contributed by atoms with Crippen LogP contribution in [-0.4, -0.2) is 27.1 Å². The van der Waals surface area contributed by atoms with Crippen LogP contribution in [0.2, 0.25) is 0 Å². The van der Waals surface area contributed by atoms with Crippen molar-refractivity contribution in [2.45, 2.75) is 51.0 Å². The molecule has 0 saturated heterocycles. The normalized spacial score (nSPS) is 15.1. The van der Waals surface area contributed by atoms with Crippen molar-refractivity contribution in [2.75, 3.05) is 0 Å². The Morgan fingerprint density at radius 2 is 2.23 bits per heavy atom. The molecule has 0 spiro atoms. The summed E-state index contributed by atoms with van der Waals surface area (Å²) in [5.41, 5.74) is 0.830. The largest absolute Gasteiger partial charge is 0.353 e. The Bertz CT molecular complexity index is 606. The number of hydrogen-bond acceptors (Lipinski definition) is 5. The van der Waals surface area contributed by atoms with E-state index in [2.05, 4.69) is 20.4 Å². The number of amides is 1. The molecule has 116 valence electrons. The average molecular weight is 300 g/mol. The lowest BCUT2D eigenvalue weighted by Gasteiger charge is -2.11. The first kappa shape index (κ1) is 14.7. The number of nitrogens with zero attached hydrogens (tertiary/aromatic N) is 3. The zero-order valence-electron chi connectivity index (χ0n) is 12.5. The Balaban J connectivity index is 1.44. The summed E-state index contributed by atoms with van der Waals surface area (Å²) in [6.07, 6.45) is 9.92. The van der Waals surface area contributed by atoms with Crippen LogP contribution in [0, 0.1) is 0 Å². The summed E-state index contributed by atoms with van der Waals surface area (Å²) in [4.78, 5) is 20.2. The van der Waals surface area contributed by atoms with Gasteiger partial charge in [0.2, 0.25) is 17.6 Å². The third kappa shape index (κ3) is 3.90. The number of carbonyl (C=O) groups excluding carboxylic acids is 1. The molecular formula is C16H20N4O2. The van der Waals surface area contributed by atoms with Gasteiger partial charge in [0, 0.05) is 36.8 Å². The highest BCUT2D eigenvalue weighted by molar-refractivity contribution is 5.76. The number of aryl methyl sites for hydroxylation is 1. The maximum atomic E-state index is 11.8. The lowest BCUT2D eigenvalue weighted by Crippen LogP contribution is -2.32. The van der Waals surface area contributed by atoms with Gasteiger partial charge in [-0.25, -0.2) is 0 Å². The van der Waals surface area contributed by atoms with Crippen molar-refractivity contribution in [3.8, 4) is 11.4 Å². The van der Waals surface area contributed by atoms with Gasteiger partial charge in [-0.3, -0.25) is 9.78 Å². The molecule has 0 atom stereocenters. The summed E-state index contributed by atoms with van der Waals surface area (Å²) in [6, 6.07) is 4.10. The van der Waals surface area contributed by atoms with Gasteiger partial charge < -0.3 is 9.84 Å². The number of carbonyl (C=O) groups is 1. The minimum Gasteiger partial charge on any atom is -0.353 e. The second kappa shape index (κ2) is 7.15. The SMILES string of the molecule is O=C(CCCc1nc(-c2cccnc2)no1)NC1CCCC1. The zero-order chi connectivity index (χ0) is 15.2. The fourth-order valence-electron chi connectivity index (χ4n) is 2.74. The molecule has 1 amide bonds. The highest BCUT2D eigenvalue weighted by Crippen LogP contribution is 2.18. The van der Waals surface area contributed by atoms with E-state index in [-0.39, 0.29) is 5.91 Å². The monoisotopic (exact) mass is 300 g/mol. The fourth-order valence-corrected chi connectivity index (χ4v) is 2.74. The van der Waals surface area contributed by atoms with E-state index in [0.29, 0.717) is 37.0 Å². The molecule has 2 aromatic rings. The molecule has 2 heterocycles. The van der Waals surface area contributed by atoms with E-state index >= 15 is 0 Å². The van der Waals surface area contributed by atoms with E-state index in [0.717, 1.165) is 18.4 Å². The highest BCUT2D eigenvalue weighted by atomic mass is 16.5. The third-order valence-corrected chi connectivity index (χ3v) is 3.90. The van der Waals surface area contributed by atoms with Crippen LogP contribution in [-0.2, 0) is 11.2 Å². The van der Waals surface area contributed by atoms with Gasteiger partial charge in [0.25, 0.3) is 0 Å². The number of pyridine rings is 1. The minimum atomic E-state index is 0.124. The molecule has 0 unspecified atom stereocenters. The molecule has 6 heteroatoms. The van der Waals surface area contributed by atoms with Crippen molar-refractivity contribution in [1.82, 2.24) is 20.4 Å². The van der Waals surface area contributed by atoms with Gasteiger partial charge in [-0.05, 0) is 31.4 Å². The van der Waals surface area contributed by atoms with Crippen LogP contribution in [0.25, 0.3) is 11.4 Å². The zero-order valence-corrected chi connectivity index (χ0v) is 12.5. The Hall–Kier alpha value is -2.24. The van der Waals surface area contributed by atoms with Gasteiger partial charge in [0.05, 0.1) is 0 Å². The van der Waals surface area contributed by atoms with E-state index in [1.807, 2.05) is 12.1 Å². The molecule has 1 fully saturated rings. The standard InChI is InChI=1S/C16H20N4O2/c21-14(18-13-6-1-2-7-13)8-3-9-15-19-16(20-22-15)12-5-4-10-17-11-12/h4-5,10-11,13H,1-3,6-9H2,(H,18,21). The van der Waals surface area contributed by atoms with E-state index in [4.69, 9.17) is 4.52 Å². The van der Waals surface area contributed by atoms with Crippen molar-refractivity contribution >= 4 is 5.91 Å². The summed E-state index contributed by atoms with van der Waals surface area (Å²) in [5, 5.41) is 7.02. The van der Waals surface area contributed by atoms with E-state index in [1.165, 1.54) is 12.8 Å². The molecule has 2 aromatic heterocycles. The summed E-state index contributed by atoms with van der Waals surface area (Å²) >= 11 is 0. The van der Waals surface area contributed by atoms with Crippen LogP contribution in [0.1, 0.15) is 44.4 Å². The molecule has 0 radical (unpaired) electrons. The van der Waals surface area contributed by atoms with E-state index in [9.17, 15) is 4.79 Å². The summed E-state index contributed by atoms with van der Waals surface area (Å²) in [5.74, 6) is 1.23. The van der Waals surface area contributed by atoms with Crippen molar-refractivity contribution in [3.63, 3.8) is 0 Å². The van der Waals surface area contributed by atoms with Gasteiger partial charge in [0.1, 0.15) is 0 Å². The second-order valence-electron chi connectivity index (χ2n) is 5.66. The topological polar surface area (TPSA) is 80.9 Å². The van der Waals surface area contributed by atoms with Crippen LogP contribution >= 0.6 is 0 Å². The lowest BCUT2D eigenvalue weighted by atomic mass is 10.2. The molecular weight excluding hydrogens is 280 g/mol. The first-order chi connectivity index (χ1) is 10.8. The Labute approximate surface area is 129 Å². The number of rotatable bonds is 6. The van der Waals surface area contributed by atoms with Crippen LogP contribution in [0.4, 0.5) is 0 Å². The predicted molar refractivity (Wildman–Crippen MR) is 80.9 cm³/mol. The van der Waals surface area contributed by atoms with Crippen molar-refractivity contribution < 1.29 is 9.32 Å². The van der Waals surface area contributed by atoms with Crippen molar-refractivity contribution in [1.29, 1.82) is 0 Å². The summed E-state index contributed by atoms with van der Waals surface area (Å²) in [7, 11) is 0. The molecule has 6 nitrogen and oxygen atoms in total. The maximum Gasteiger partial charge on any atom is 0.226 e. The molecule has 3 rings (SSSR count). The first-order valence-corrected chi connectivity index (χ1v) is 7.83. The molecule has 0 aromatic carbocycles. The predicted octanol–water partition coefficient (Wildman–Crippen LogP) is 2.51. The smallest absolute Gasteiger partial charge is 0.226 e. The number of hydrogen-bond donors (Lipinski definition) is 1. The molecule has 1 saturated carbocycles. The fraction of sp³-hybridized carbons (Fsp3) is 0.500. The van der Waals surface area contributed by atoms with Crippen molar-refractivity contribution in [2.24, 2.45) is 0 Å². The minimum absolute atomic E-state index is 0.124. The Morgan fingerprint density at radius 3 is 3.00 bits per heavy atom. The molecule has 0 aliphatic heterocycles. The molecule has 1 N–H and O–H groups in total. The second-order valence-corrected chi connectivity index (χ2v) is 5.66. The average Bonchev–Trinajstić information content (AvgIpc) is 3.20. The van der Waals surface area contributed by atoms with Gasteiger partial charge in [-0.15, -0.1) is 0 Å². The van der Waals surface area contributed by atoms with Gasteiger partial charge in [-0.1, -0.05) is 18.0 Å². The Morgan fingerprint density at radius 1 is 1.36 bits per heavy atom. The molecule has 0 bridgehead atoms. The Kier molecular flexibility index (Phi) is 4.78. The van der Waals surface area contributed by atoms with Gasteiger partial charge in [0.15, 0.2) is 0 Å². The van der Waals surface area contributed by atoms with Crippen LogP contribution in [0.15, 0.2) is 29.0 Å². The van der Waals surface area contributed by atoms with Crippen LogP contribution in [0.5, 0.6) is 0 Å². The van der Waals surface area contributed by atoms with Crippen LogP contribution < -0.4 is 5.32 Å². The van der Waals surface area contributed by atoms with E-state index in [1.54, 1.807) is 12.4 Å². The summed E-state index contributed by atoms with van der Waals surface area (Å²) < 4.78 is 5.21. The van der Waals surface area contributed by atoms with Crippen LogP contribution in [0.3, 0.4) is 0 Å². The number of nitrogens with one attached hydrogen (secondary N) is 1. The summed E-state index contributed by atoms with van der Waals surface area (Å²) in [6.45, 7) is 0. The van der Waals surface area contributed by atoms with Gasteiger partial charge >= 0.3 is 0 Å². The molecule has 1 aliphatic carbocycles. The van der Waals surface area contributed by atoms with E-state index < -0.39 is 0 Å². The third-order valence-electron chi connectivity index (χ3n) is 3.90. The highest BCUT2D eigenvalue weighted by Gasteiger charge is 2.17. The van der Waals surface area contributed by atoms with Crippen molar-refractivity contribution in [3.05, 3.63) is 30.4 Å². The molecule has 22 heavy (non-hydrogen) atoms.